The molecule has 1 fully saturated rings. The predicted octanol–water partition coefficient (Wildman–Crippen LogP) is 3.56. The minimum absolute atomic E-state index is 0.0280. The molecule has 158 valence electrons. The van der Waals surface area contributed by atoms with Gasteiger partial charge in [0.15, 0.2) is 5.82 Å². The highest BCUT2D eigenvalue weighted by Crippen LogP contribution is 2.31. The predicted molar refractivity (Wildman–Crippen MR) is 116 cm³/mol. The van der Waals surface area contributed by atoms with Gasteiger partial charge in [-0.05, 0) is 23.8 Å². The highest BCUT2D eigenvalue weighted by molar-refractivity contribution is 6.30. The fourth-order valence-corrected chi connectivity index (χ4v) is 4.19. The Morgan fingerprint density at radius 2 is 2.03 bits per heavy atom. The first-order valence-corrected chi connectivity index (χ1v) is 10.4. The molecule has 1 saturated heterocycles. The summed E-state index contributed by atoms with van der Waals surface area (Å²) < 4.78 is 17.5. The van der Waals surface area contributed by atoms with E-state index in [-0.39, 0.29) is 18.1 Å². The number of ketones is 1. The number of fused-ring (bicyclic) bond motifs is 1. The van der Waals surface area contributed by atoms with Gasteiger partial charge in [0.1, 0.15) is 23.4 Å². The molecule has 0 aliphatic carbocycles. The lowest BCUT2D eigenvalue weighted by Crippen LogP contribution is -2.48. The van der Waals surface area contributed by atoms with Gasteiger partial charge in [0, 0.05) is 67.4 Å². The van der Waals surface area contributed by atoms with Gasteiger partial charge >= 0.3 is 0 Å². The van der Waals surface area contributed by atoms with Crippen molar-refractivity contribution in [2.45, 2.75) is 12.8 Å². The first-order valence-electron chi connectivity index (χ1n) is 9.99. The number of hydrogen-bond donors (Lipinski definition) is 0. The van der Waals surface area contributed by atoms with Gasteiger partial charge in [0.25, 0.3) is 0 Å². The Morgan fingerprint density at radius 1 is 1.19 bits per heavy atom. The van der Waals surface area contributed by atoms with Crippen LogP contribution < -0.4 is 4.90 Å². The molecule has 0 unspecified atom stereocenters. The summed E-state index contributed by atoms with van der Waals surface area (Å²) in [6.45, 7) is 1.46. The Kier molecular flexibility index (Phi) is 4.94. The van der Waals surface area contributed by atoms with Crippen LogP contribution in [0.4, 0.5) is 10.2 Å². The zero-order valence-electron chi connectivity index (χ0n) is 16.9. The molecule has 1 aromatic carbocycles. The van der Waals surface area contributed by atoms with Crippen molar-refractivity contribution in [2.24, 2.45) is 13.0 Å². The number of carbonyl (C=O) groups excluding carboxylic acids is 1. The van der Waals surface area contributed by atoms with Crippen molar-refractivity contribution in [1.82, 2.24) is 24.4 Å². The fraction of sp³-hybridized carbons (Fsp3) is 0.273. The van der Waals surface area contributed by atoms with E-state index < -0.39 is 5.82 Å². The van der Waals surface area contributed by atoms with E-state index in [0.717, 1.165) is 35.6 Å². The first-order chi connectivity index (χ1) is 15.0. The maximum absolute atomic E-state index is 13.9. The quantitative estimate of drug-likeness (QED) is 0.460. The van der Waals surface area contributed by atoms with Crippen molar-refractivity contribution >= 4 is 28.7 Å². The van der Waals surface area contributed by atoms with E-state index in [1.54, 1.807) is 16.8 Å². The lowest BCUT2D eigenvalue weighted by atomic mass is 9.92. The molecule has 0 bridgehead atoms. The van der Waals surface area contributed by atoms with Crippen LogP contribution in [0.15, 0.2) is 49.2 Å². The molecule has 1 aliphatic rings. The molecule has 4 aromatic rings. The van der Waals surface area contributed by atoms with Crippen LogP contribution in [-0.4, -0.2) is 43.3 Å². The fourth-order valence-electron chi connectivity index (χ4n) is 4.03. The van der Waals surface area contributed by atoms with Crippen molar-refractivity contribution < 1.29 is 9.18 Å². The van der Waals surface area contributed by atoms with Crippen molar-refractivity contribution in [3.8, 4) is 11.1 Å². The summed E-state index contributed by atoms with van der Waals surface area (Å²) in [6.07, 6.45) is 7.77. The molecule has 7 nitrogen and oxygen atoms in total. The van der Waals surface area contributed by atoms with Gasteiger partial charge in [-0.15, -0.1) is 0 Å². The largest absolute Gasteiger partial charge is 0.354 e. The van der Waals surface area contributed by atoms with Gasteiger partial charge in [-0.3, -0.25) is 9.48 Å². The Morgan fingerprint density at radius 3 is 2.77 bits per heavy atom. The number of Topliss-reactive ketones (excluding diaryl/α,β-unsaturated/α-hetero) is 1. The second-order valence-corrected chi connectivity index (χ2v) is 8.41. The van der Waals surface area contributed by atoms with E-state index in [0.29, 0.717) is 17.0 Å². The summed E-state index contributed by atoms with van der Waals surface area (Å²) in [5.41, 5.74) is 3.33. The van der Waals surface area contributed by atoms with Gasteiger partial charge in [-0.2, -0.15) is 10.2 Å². The van der Waals surface area contributed by atoms with Crippen LogP contribution in [0, 0.1) is 11.7 Å². The minimum Gasteiger partial charge on any atom is -0.354 e. The van der Waals surface area contributed by atoms with Crippen LogP contribution >= 0.6 is 11.6 Å². The van der Waals surface area contributed by atoms with Crippen LogP contribution in [0.2, 0.25) is 5.02 Å². The van der Waals surface area contributed by atoms with E-state index in [1.165, 1.54) is 12.4 Å². The van der Waals surface area contributed by atoms with Gasteiger partial charge < -0.3 is 4.90 Å². The third kappa shape index (κ3) is 3.90. The number of benzene rings is 1. The monoisotopic (exact) mass is 438 g/mol. The van der Waals surface area contributed by atoms with E-state index in [2.05, 4.69) is 20.1 Å². The molecule has 9 heteroatoms. The number of carbonyl (C=O) groups is 1. The smallest absolute Gasteiger partial charge is 0.156 e. The lowest BCUT2D eigenvalue weighted by Gasteiger charge is -2.40. The normalized spacial score (nSPS) is 14.2. The van der Waals surface area contributed by atoms with Gasteiger partial charge in [0.05, 0.1) is 6.20 Å². The zero-order valence-corrected chi connectivity index (χ0v) is 17.6. The van der Waals surface area contributed by atoms with E-state index in [4.69, 9.17) is 11.6 Å². The summed E-state index contributed by atoms with van der Waals surface area (Å²) >= 11 is 5.78. The molecule has 0 N–H and O–H groups in total. The number of nitrogens with zero attached hydrogens (tertiary/aromatic N) is 6. The molecule has 0 radical (unpaired) electrons. The molecule has 5 rings (SSSR count). The first kappa shape index (κ1) is 19.7. The Balaban J connectivity index is 1.25. The molecule has 4 heterocycles. The molecule has 31 heavy (non-hydrogen) atoms. The summed E-state index contributed by atoms with van der Waals surface area (Å²) in [4.78, 5) is 19.0. The Labute approximate surface area is 183 Å². The number of hydrogen-bond acceptors (Lipinski definition) is 5. The number of rotatable bonds is 6. The second kappa shape index (κ2) is 7.77. The van der Waals surface area contributed by atoms with Crippen LogP contribution in [0.25, 0.3) is 16.6 Å². The van der Waals surface area contributed by atoms with Crippen molar-refractivity contribution in [3.63, 3.8) is 0 Å². The minimum atomic E-state index is -0.433. The van der Waals surface area contributed by atoms with Crippen molar-refractivity contribution in [2.75, 3.05) is 18.0 Å². The standard InChI is InChI=1S/C22H20ClFN6O/c1-28-11-17(8-26-28)16-6-21-22(25-13-27-30(21)12-16)29-9-14(10-29)4-19(31)5-15-2-3-18(23)7-20(15)24/h2-3,6-8,11-14H,4-5,9-10H2,1H3. The maximum Gasteiger partial charge on any atom is 0.156 e. The highest BCUT2D eigenvalue weighted by Gasteiger charge is 2.31. The molecule has 0 spiro atoms. The number of anilines is 1. The highest BCUT2D eigenvalue weighted by atomic mass is 35.5. The average molecular weight is 439 g/mol. The third-order valence-electron chi connectivity index (χ3n) is 5.60. The average Bonchev–Trinajstić information content (AvgIpc) is 3.32. The molecule has 0 amide bonds. The Bertz CT molecular complexity index is 1280. The number of aromatic nitrogens is 5. The molecule has 0 atom stereocenters. The molecular weight excluding hydrogens is 419 g/mol. The maximum atomic E-state index is 13.9. The lowest BCUT2D eigenvalue weighted by molar-refractivity contribution is -0.119. The molecule has 3 aromatic heterocycles. The molecular formula is C22H20ClFN6O. The van der Waals surface area contributed by atoms with Crippen molar-refractivity contribution in [3.05, 3.63) is 65.6 Å². The Hall–Kier alpha value is -3.26. The van der Waals surface area contributed by atoms with Gasteiger partial charge in [-0.25, -0.2) is 13.9 Å². The summed E-state index contributed by atoms with van der Waals surface area (Å²) in [7, 11) is 1.88. The van der Waals surface area contributed by atoms with Crippen LogP contribution in [0.1, 0.15) is 12.0 Å². The number of aryl methyl sites for hydroxylation is 1. The third-order valence-corrected chi connectivity index (χ3v) is 5.83. The van der Waals surface area contributed by atoms with Crippen molar-refractivity contribution in [1.29, 1.82) is 0 Å². The SMILES string of the molecule is Cn1cc(-c2cc3c(N4CC(CC(=O)Cc5ccc(Cl)cc5F)C4)ncnn3c2)cn1. The number of halogens is 2. The second-order valence-electron chi connectivity index (χ2n) is 7.97. The van der Waals surface area contributed by atoms with E-state index in [9.17, 15) is 9.18 Å². The van der Waals surface area contributed by atoms with Crippen LogP contribution in [0.5, 0.6) is 0 Å². The van der Waals surface area contributed by atoms with E-state index in [1.807, 2.05) is 36.2 Å². The van der Waals surface area contributed by atoms with E-state index >= 15 is 0 Å². The van der Waals surface area contributed by atoms with Crippen LogP contribution in [-0.2, 0) is 18.3 Å². The van der Waals surface area contributed by atoms with Crippen LogP contribution in [0.3, 0.4) is 0 Å². The van der Waals surface area contributed by atoms with Gasteiger partial charge in [-0.1, -0.05) is 17.7 Å². The summed E-state index contributed by atoms with van der Waals surface area (Å²) in [5.74, 6) is 0.667. The molecule has 0 saturated carbocycles. The summed E-state index contributed by atoms with van der Waals surface area (Å²) in [5, 5.41) is 8.87. The topological polar surface area (TPSA) is 68.3 Å². The van der Waals surface area contributed by atoms with Gasteiger partial charge in [0.2, 0.25) is 0 Å². The summed E-state index contributed by atoms with van der Waals surface area (Å²) in [6, 6.07) is 6.48. The molecule has 1 aliphatic heterocycles. The zero-order chi connectivity index (χ0) is 21.5.